The van der Waals surface area contributed by atoms with Crippen molar-refractivity contribution in [3.8, 4) is 6.07 Å². The Kier molecular flexibility index (Phi) is 3.48. The van der Waals surface area contributed by atoms with E-state index in [1.165, 1.54) is 17.7 Å². The summed E-state index contributed by atoms with van der Waals surface area (Å²) in [4.78, 5) is 24.3. The highest BCUT2D eigenvalue weighted by Gasteiger charge is 2.15. The van der Waals surface area contributed by atoms with E-state index in [1.54, 1.807) is 30.3 Å². The average molecular weight is 346 g/mol. The van der Waals surface area contributed by atoms with Gasteiger partial charge in [0.15, 0.2) is 5.01 Å². The SMILES string of the molecule is N#Cc1ccc(Nc2ncnc3ccc4nc(C(N)=O)sc4c23)cc1. The van der Waals surface area contributed by atoms with E-state index in [0.717, 1.165) is 21.3 Å². The molecule has 3 N–H and O–H groups in total. The van der Waals surface area contributed by atoms with Crippen molar-refractivity contribution >= 4 is 49.9 Å². The Morgan fingerprint density at radius 1 is 1.12 bits per heavy atom. The number of hydrogen-bond acceptors (Lipinski definition) is 7. The second kappa shape index (κ2) is 5.81. The maximum absolute atomic E-state index is 11.4. The van der Waals surface area contributed by atoms with Gasteiger partial charge in [0.05, 0.1) is 32.8 Å². The van der Waals surface area contributed by atoms with Gasteiger partial charge in [0.2, 0.25) is 0 Å². The number of primary amides is 1. The molecule has 8 heteroatoms. The third kappa shape index (κ3) is 2.62. The number of benzene rings is 2. The lowest BCUT2D eigenvalue weighted by Crippen LogP contribution is -2.09. The molecule has 25 heavy (non-hydrogen) atoms. The molecular weight excluding hydrogens is 336 g/mol. The summed E-state index contributed by atoms with van der Waals surface area (Å²) in [5.74, 6) is 0.0350. The number of thiazole rings is 1. The number of carbonyl (C=O) groups excluding carboxylic acids is 1. The van der Waals surface area contributed by atoms with Crippen LogP contribution in [0.5, 0.6) is 0 Å². The van der Waals surface area contributed by atoms with Crippen LogP contribution >= 0.6 is 11.3 Å². The van der Waals surface area contributed by atoms with Crippen molar-refractivity contribution in [3.05, 3.63) is 53.3 Å². The van der Waals surface area contributed by atoms with Gasteiger partial charge in [-0.2, -0.15) is 5.26 Å². The highest BCUT2D eigenvalue weighted by atomic mass is 32.1. The Balaban J connectivity index is 1.89. The third-order valence-electron chi connectivity index (χ3n) is 3.64. The van der Waals surface area contributed by atoms with E-state index in [-0.39, 0.29) is 5.01 Å². The number of fused-ring (bicyclic) bond motifs is 3. The smallest absolute Gasteiger partial charge is 0.277 e. The Morgan fingerprint density at radius 3 is 2.60 bits per heavy atom. The Bertz CT molecular complexity index is 1160. The maximum atomic E-state index is 11.4. The van der Waals surface area contributed by atoms with Crippen molar-refractivity contribution in [1.29, 1.82) is 5.26 Å². The van der Waals surface area contributed by atoms with Crippen LogP contribution in [0.15, 0.2) is 42.7 Å². The summed E-state index contributed by atoms with van der Waals surface area (Å²) in [6.45, 7) is 0. The van der Waals surface area contributed by atoms with Crippen LogP contribution in [-0.4, -0.2) is 20.9 Å². The van der Waals surface area contributed by atoms with Gasteiger partial charge in [0, 0.05) is 5.69 Å². The zero-order chi connectivity index (χ0) is 17.4. The van der Waals surface area contributed by atoms with E-state index in [1.807, 2.05) is 6.07 Å². The lowest BCUT2D eigenvalue weighted by Gasteiger charge is -2.08. The minimum absolute atomic E-state index is 0.246. The molecule has 0 aliphatic heterocycles. The first-order valence-electron chi connectivity index (χ1n) is 7.27. The normalized spacial score (nSPS) is 10.7. The molecule has 0 atom stereocenters. The van der Waals surface area contributed by atoms with Crippen LogP contribution in [-0.2, 0) is 0 Å². The predicted octanol–water partition coefficient (Wildman–Crippen LogP) is 2.95. The number of rotatable bonds is 3. The number of hydrogen-bond donors (Lipinski definition) is 2. The molecule has 7 nitrogen and oxygen atoms in total. The molecule has 2 aromatic heterocycles. The molecule has 2 aromatic carbocycles. The first kappa shape index (κ1) is 15.0. The zero-order valence-electron chi connectivity index (χ0n) is 12.7. The van der Waals surface area contributed by atoms with E-state index >= 15 is 0 Å². The number of amides is 1. The van der Waals surface area contributed by atoms with E-state index in [0.29, 0.717) is 16.9 Å². The number of carbonyl (C=O) groups is 1. The first-order valence-corrected chi connectivity index (χ1v) is 8.08. The number of nitriles is 1. The molecule has 0 saturated heterocycles. The number of nitrogens with zero attached hydrogens (tertiary/aromatic N) is 4. The summed E-state index contributed by atoms with van der Waals surface area (Å²) in [7, 11) is 0. The summed E-state index contributed by atoms with van der Waals surface area (Å²) in [6, 6.07) is 12.8. The predicted molar refractivity (Wildman–Crippen MR) is 95.7 cm³/mol. The van der Waals surface area contributed by atoms with Crippen LogP contribution < -0.4 is 11.1 Å². The largest absolute Gasteiger partial charge is 0.364 e. The molecule has 120 valence electrons. The summed E-state index contributed by atoms with van der Waals surface area (Å²) >= 11 is 1.22. The van der Waals surface area contributed by atoms with Crippen LogP contribution in [0.4, 0.5) is 11.5 Å². The summed E-state index contributed by atoms with van der Waals surface area (Å²) in [5.41, 5.74) is 8.12. The van der Waals surface area contributed by atoms with Crippen LogP contribution in [0.3, 0.4) is 0 Å². The molecule has 1 amide bonds. The van der Waals surface area contributed by atoms with Gasteiger partial charge in [-0.05, 0) is 36.4 Å². The molecule has 4 aromatic rings. The minimum Gasteiger partial charge on any atom is -0.364 e. The van der Waals surface area contributed by atoms with Crippen LogP contribution in [0.1, 0.15) is 15.4 Å². The third-order valence-corrected chi connectivity index (χ3v) is 4.75. The van der Waals surface area contributed by atoms with Gasteiger partial charge < -0.3 is 11.1 Å². The molecule has 0 spiro atoms. The topological polar surface area (TPSA) is 118 Å². The van der Waals surface area contributed by atoms with Gasteiger partial charge in [-0.25, -0.2) is 15.0 Å². The fourth-order valence-corrected chi connectivity index (χ4v) is 3.46. The van der Waals surface area contributed by atoms with Gasteiger partial charge in [-0.1, -0.05) is 0 Å². The molecule has 0 saturated carbocycles. The van der Waals surface area contributed by atoms with Crippen LogP contribution in [0.25, 0.3) is 21.1 Å². The van der Waals surface area contributed by atoms with Crippen molar-refractivity contribution in [2.24, 2.45) is 5.73 Å². The highest BCUT2D eigenvalue weighted by molar-refractivity contribution is 7.21. The molecule has 4 rings (SSSR count). The molecule has 0 unspecified atom stereocenters. The maximum Gasteiger partial charge on any atom is 0.277 e. The lowest BCUT2D eigenvalue weighted by molar-refractivity contribution is 0.1000. The van der Waals surface area contributed by atoms with Crippen molar-refractivity contribution in [2.75, 3.05) is 5.32 Å². The fraction of sp³-hybridized carbons (Fsp3) is 0. The number of nitrogens with two attached hydrogens (primary N) is 1. The zero-order valence-corrected chi connectivity index (χ0v) is 13.5. The standard InChI is InChI=1S/C17H10N6OS/c18-7-9-1-3-10(4-2-9)22-16-13-11(20-8-21-16)5-6-12-14(13)25-17(23-12)15(19)24/h1-6,8H,(H2,19,24)(H,20,21,22). The van der Waals surface area contributed by atoms with E-state index < -0.39 is 5.91 Å². The van der Waals surface area contributed by atoms with Crippen molar-refractivity contribution in [3.63, 3.8) is 0 Å². The second-order valence-electron chi connectivity index (χ2n) is 5.23. The van der Waals surface area contributed by atoms with Crippen molar-refractivity contribution in [2.45, 2.75) is 0 Å². The summed E-state index contributed by atoms with van der Waals surface area (Å²) < 4.78 is 0.794. The molecular formula is C17H10N6OS. The van der Waals surface area contributed by atoms with Crippen molar-refractivity contribution in [1.82, 2.24) is 15.0 Å². The second-order valence-corrected chi connectivity index (χ2v) is 6.23. The Labute approximate surface area is 145 Å². The first-order chi connectivity index (χ1) is 12.2. The van der Waals surface area contributed by atoms with Gasteiger partial charge >= 0.3 is 0 Å². The van der Waals surface area contributed by atoms with Gasteiger partial charge in [-0.3, -0.25) is 4.79 Å². The van der Waals surface area contributed by atoms with E-state index in [4.69, 9.17) is 11.0 Å². The average Bonchev–Trinajstić information content (AvgIpc) is 3.07. The number of aromatic nitrogens is 3. The fourth-order valence-electron chi connectivity index (χ4n) is 2.50. The highest BCUT2D eigenvalue weighted by Crippen LogP contribution is 2.34. The Hall–Kier alpha value is -3.57. The summed E-state index contributed by atoms with van der Waals surface area (Å²) in [6.07, 6.45) is 1.47. The lowest BCUT2D eigenvalue weighted by atomic mass is 10.2. The molecule has 0 aliphatic rings. The minimum atomic E-state index is -0.562. The summed E-state index contributed by atoms with van der Waals surface area (Å²) in [5, 5.41) is 13.1. The molecule has 0 bridgehead atoms. The molecule has 0 fully saturated rings. The molecule has 0 aliphatic carbocycles. The van der Waals surface area contributed by atoms with E-state index in [2.05, 4.69) is 26.3 Å². The van der Waals surface area contributed by atoms with Gasteiger partial charge in [-0.15, -0.1) is 11.3 Å². The number of nitrogens with one attached hydrogen (secondary N) is 1. The monoisotopic (exact) mass is 346 g/mol. The molecule has 0 radical (unpaired) electrons. The quantitative estimate of drug-likeness (QED) is 0.589. The van der Waals surface area contributed by atoms with E-state index in [9.17, 15) is 4.79 Å². The van der Waals surface area contributed by atoms with Crippen LogP contribution in [0.2, 0.25) is 0 Å². The van der Waals surface area contributed by atoms with Gasteiger partial charge in [0.1, 0.15) is 12.1 Å². The van der Waals surface area contributed by atoms with Gasteiger partial charge in [0.25, 0.3) is 5.91 Å². The van der Waals surface area contributed by atoms with Crippen LogP contribution in [0, 0.1) is 11.3 Å². The Morgan fingerprint density at radius 2 is 1.88 bits per heavy atom. The van der Waals surface area contributed by atoms with Crippen molar-refractivity contribution < 1.29 is 4.79 Å². The molecule has 2 heterocycles. The number of anilines is 2.